The van der Waals surface area contributed by atoms with Crippen molar-refractivity contribution >= 4 is 50.9 Å². The molecule has 2 amide bonds. The number of likely N-dealkylation sites (tertiary alicyclic amines) is 1. The average molecular weight is 448 g/mol. The van der Waals surface area contributed by atoms with Crippen molar-refractivity contribution in [1.29, 1.82) is 0 Å². The lowest BCUT2D eigenvalue weighted by Gasteiger charge is -2.32. The van der Waals surface area contributed by atoms with Crippen LogP contribution in [0.3, 0.4) is 0 Å². The fourth-order valence-corrected chi connectivity index (χ4v) is 5.23. The van der Waals surface area contributed by atoms with E-state index in [9.17, 15) is 18.0 Å². The summed E-state index contributed by atoms with van der Waals surface area (Å²) in [6.07, 6.45) is 1.76. The molecule has 1 aromatic rings. The van der Waals surface area contributed by atoms with Gasteiger partial charge in [-0.05, 0) is 52.3 Å². The molecule has 28 heavy (non-hydrogen) atoms. The van der Waals surface area contributed by atoms with Gasteiger partial charge in [-0.25, -0.2) is 8.42 Å². The molecule has 0 unspecified atom stereocenters. The number of carbonyl (C=O) groups excluding carboxylic acids is 2. The lowest BCUT2D eigenvalue weighted by Crippen LogP contribution is -2.51. The van der Waals surface area contributed by atoms with Crippen LogP contribution in [0.2, 0.25) is 4.34 Å². The van der Waals surface area contributed by atoms with E-state index >= 15 is 0 Å². The van der Waals surface area contributed by atoms with Gasteiger partial charge < -0.3 is 9.80 Å². The van der Waals surface area contributed by atoms with Crippen LogP contribution in [0.25, 0.3) is 6.08 Å². The maximum atomic E-state index is 12.7. The second kappa shape index (κ2) is 9.39. The standard InChI is InChI=1S/C18H26ClN3O4S2/c1-5-21(12(2)3)17(23)13(4)22-10-8-15(18(22)24)20-28(25,26)11-9-14-6-7-16(19)27-14/h6-7,9,11-13,15,20H,5,8,10H2,1-4H3/t13-,15-/m0/s1. The SMILES string of the molecule is CCN(C(=O)[C@H](C)N1CC[C@H](NS(=O)(=O)C=Cc2ccc(Cl)s2)C1=O)C(C)C. The van der Waals surface area contributed by atoms with Crippen molar-refractivity contribution in [3.05, 3.63) is 26.8 Å². The van der Waals surface area contributed by atoms with Gasteiger partial charge in [-0.15, -0.1) is 11.3 Å². The van der Waals surface area contributed by atoms with Crippen LogP contribution in [0.5, 0.6) is 0 Å². The number of thiophene rings is 1. The maximum absolute atomic E-state index is 12.7. The summed E-state index contributed by atoms with van der Waals surface area (Å²) in [7, 11) is -3.80. The molecule has 10 heteroatoms. The molecule has 1 aliphatic heterocycles. The van der Waals surface area contributed by atoms with E-state index in [1.807, 2.05) is 20.8 Å². The van der Waals surface area contributed by atoms with E-state index in [0.717, 1.165) is 5.41 Å². The van der Waals surface area contributed by atoms with Crippen LogP contribution in [-0.2, 0) is 19.6 Å². The lowest BCUT2D eigenvalue weighted by atomic mass is 10.2. The van der Waals surface area contributed by atoms with E-state index in [4.69, 9.17) is 11.6 Å². The Hall–Kier alpha value is -1.42. The molecule has 0 spiro atoms. The third kappa shape index (κ3) is 5.56. The van der Waals surface area contributed by atoms with Gasteiger partial charge >= 0.3 is 0 Å². The Kier molecular flexibility index (Phi) is 7.66. The normalized spacial score (nSPS) is 19.0. The number of carbonyl (C=O) groups is 2. The molecule has 0 saturated carbocycles. The Labute approximate surface area is 175 Å². The molecule has 0 aromatic carbocycles. The largest absolute Gasteiger partial charge is 0.339 e. The molecular formula is C18H26ClN3O4S2. The number of hydrogen-bond acceptors (Lipinski definition) is 5. The molecule has 156 valence electrons. The number of halogens is 1. The Balaban J connectivity index is 2.03. The zero-order valence-corrected chi connectivity index (χ0v) is 18.8. The fraction of sp³-hybridized carbons (Fsp3) is 0.556. The highest BCUT2D eigenvalue weighted by molar-refractivity contribution is 7.92. The van der Waals surface area contributed by atoms with E-state index in [-0.39, 0.29) is 17.9 Å². The minimum absolute atomic E-state index is 0.0304. The first kappa shape index (κ1) is 22.9. The molecule has 1 aromatic heterocycles. The van der Waals surface area contributed by atoms with Crippen molar-refractivity contribution in [2.24, 2.45) is 0 Å². The zero-order chi connectivity index (χ0) is 21.1. The van der Waals surface area contributed by atoms with Gasteiger partial charge in [-0.3, -0.25) is 9.59 Å². The number of sulfonamides is 1. The third-order valence-corrected chi connectivity index (χ3v) is 6.93. The molecule has 1 fully saturated rings. The predicted molar refractivity (Wildman–Crippen MR) is 113 cm³/mol. The lowest BCUT2D eigenvalue weighted by molar-refractivity contribution is -0.144. The van der Waals surface area contributed by atoms with Crippen LogP contribution in [0.1, 0.15) is 39.0 Å². The van der Waals surface area contributed by atoms with E-state index in [1.54, 1.807) is 24.0 Å². The number of nitrogens with one attached hydrogen (secondary N) is 1. The van der Waals surface area contributed by atoms with Gasteiger partial charge in [0.25, 0.3) is 0 Å². The predicted octanol–water partition coefficient (Wildman–Crippen LogP) is 2.54. The van der Waals surface area contributed by atoms with Crippen molar-refractivity contribution < 1.29 is 18.0 Å². The van der Waals surface area contributed by atoms with Gasteiger partial charge in [0, 0.05) is 29.4 Å². The van der Waals surface area contributed by atoms with E-state index < -0.39 is 22.1 Å². The Morgan fingerprint density at radius 3 is 2.64 bits per heavy atom. The first-order valence-corrected chi connectivity index (χ1v) is 11.9. The molecule has 2 rings (SSSR count). The van der Waals surface area contributed by atoms with Crippen molar-refractivity contribution in [2.45, 2.75) is 52.2 Å². The monoisotopic (exact) mass is 447 g/mol. The quantitative estimate of drug-likeness (QED) is 0.663. The van der Waals surface area contributed by atoms with E-state index in [2.05, 4.69) is 4.72 Å². The second-order valence-electron chi connectivity index (χ2n) is 6.87. The summed E-state index contributed by atoms with van der Waals surface area (Å²) in [5.74, 6) is -0.513. The molecule has 1 aliphatic rings. The molecule has 0 radical (unpaired) electrons. The average Bonchev–Trinajstić information content (AvgIpc) is 3.19. The zero-order valence-electron chi connectivity index (χ0n) is 16.4. The van der Waals surface area contributed by atoms with Gasteiger partial charge in [-0.1, -0.05) is 11.6 Å². The van der Waals surface area contributed by atoms with Gasteiger partial charge in [0.2, 0.25) is 21.8 Å². The summed E-state index contributed by atoms with van der Waals surface area (Å²) < 4.78 is 27.6. The molecule has 1 N–H and O–H groups in total. The molecule has 7 nitrogen and oxygen atoms in total. The van der Waals surface area contributed by atoms with Crippen LogP contribution in [0, 0.1) is 0 Å². The minimum Gasteiger partial charge on any atom is -0.339 e. The van der Waals surface area contributed by atoms with Gasteiger partial charge in [0.05, 0.1) is 4.34 Å². The molecule has 2 heterocycles. The van der Waals surface area contributed by atoms with E-state index in [1.165, 1.54) is 22.3 Å². The van der Waals surface area contributed by atoms with Crippen LogP contribution in [-0.4, -0.2) is 61.2 Å². The first-order valence-electron chi connectivity index (χ1n) is 9.12. The maximum Gasteiger partial charge on any atom is 0.245 e. The number of likely N-dealkylation sites (N-methyl/N-ethyl adjacent to an activating group) is 1. The topological polar surface area (TPSA) is 86.8 Å². The Morgan fingerprint density at radius 2 is 2.11 bits per heavy atom. The van der Waals surface area contributed by atoms with Crippen LogP contribution in [0.15, 0.2) is 17.5 Å². The number of nitrogens with zero attached hydrogens (tertiary/aromatic N) is 2. The molecule has 0 aliphatic carbocycles. The molecule has 0 bridgehead atoms. The summed E-state index contributed by atoms with van der Waals surface area (Å²) in [5.41, 5.74) is 0. The summed E-state index contributed by atoms with van der Waals surface area (Å²) in [6.45, 7) is 8.30. The smallest absolute Gasteiger partial charge is 0.245 e. The summed E-state index contributed by atoms with van der Waals surface area (Å²) in [4.78, 5) is 29.2. The summed E-state index contributed by atoms with van der Waals surface area (Å²) in [5, 5.41) is 1.03. The van der Waals surface area contributed by atoms with Crippen LogP contribution >= 0.6 is 22.9 Å². The fourth-order valence-electron chi connectivity index (χ4n) is 3.16. The molecule has 1 saturated heterocycles. The van der Waals surface area contributed by atoms with Crippen LogP contribution < -0.4 is 4.72 Å². The van der Waals surface area contributed by atoms with Crippen molar-refractivity contribution in [2.75, 3.05) is 13.1 Å². The highest BCUT2D eigenvalue weighted by Gasteiger charge is 2.39. The highest BCUT2D eigenvalue weighted by atomic mass is 35.5. The van der Waals surface area contributed by atoms with Gasteiger partial charge in [0.1, 0.15) is 12.1 Å². The number of hydrogen-bond donors (Lipinski definition) is 1. The molecule has 2 atom stereocenters. The van der Waals surface area contributed by atoms with E-state index in [0.29, 0.717) is 28.7 Å². The summed E-state index contributed by atoms with van der Waals surface area (Å²) >= 11 is 7.08. The Morgan fingerprint density at radius 1 is 1.43 bits per heavy atom. The highest BCUT2D eigenvalue weighted by Crippen LogP contribution is 2.23. The van der Waals surface area contributed by atoms with Crippen molar-refractivity contribution in [3.63, 3.8) is 0 Å². The van der Waals surface area contributed by atoms with Crippen molar-refractivity contribution in [1.82, 2.24) is 14.5 Å². The molecular weight excluding hydrogens is 422 g/mol. The van der Waals surface area contributed by atoms with Crippen molar-refractivity contribution in [3.8, 4) is 0 Å². The number of rotatable bonds is 8. The first-order chi connectivity index (χ1) is 13.1. The van der Waals surface area contributed by atoms with Gasteiger partial charge in [-0.2, -0.15) is 4.72 Å². The van der Waals surface area contributed by atoms with Gasteiger partial charge in [0.15, 0.2) is 0 Å². The second-order valence-corrected chi connectivity index (χ2v) is 10.2. The third-order valence-electron chi connectivity index (χ3n) is 4.62. The van der Waals surface area contributed by atoms with Crippen LogP contribution in [0.4, 0.5) is 0 Å². The minimum atomic E-state index is -3.80. The Bertz CT molecular complexity index is 851. The number of amides is 2. The summed E-state index contributed by atoms with van der Waals surface area (Å²) in [6, 6.07) is 1.92.